The highest BCUT2D eigenvalue weighted by Gasteiger charge is 2.25. The number of ether oxygens (including phenoxy) is 3. The first kappa shape index (κ1) is 23.6. The molecule has 1 aromatic carbocycles. The highest BCUT2D eigenvalue weighted by molar-refractivity contribution is 8.93. The summed E-state index contributed by atoms with van der Waals surface area (Å²) in [6.45, 7) is 6.31. The number of anilines is 1. The van der Waals surface area contributed by atoms with Crippen LogP contribution in [0.4, 0.5) is 5.13 Å². The lowest BCUT2D eigenvalue weighted by atomic mass is 9.92. The van der Waals surface area contributed by atoms with Crippen molar-refractivity contribution >= 4 is 39.7 Å². The van der Waals surface area contributed by atoms with Gasteiger partial charge < -0.3 is 14.2 Å². The summed E-state index contributed by atoms with van der Waals surface area (Å²) in [7, 11) is 4.72. The van der Waals surface area contributed by atoms with Gasteiger partial charge in [-0.2, -0.15) is 10.2 Å². The second kappa shape index (κ2) is 9.90. The molecular weight excluding hydrogens is 472 g/mol. The van der Waals surface area contributed by atoms with Crippen LogP contribution in [-0.4, -0.2) is 47.3 Å². The van der Waals surface area contributed by atoms with E-state index in [4.69, 9.17) is 19.2 Å². The average Bonchev–Trinajstić information content (AvgIpc) is 3.36. The van der Waals surface area contributed by atoms with Crippen molar-refractivity contribution in [2.24, 2.45) is 5.10 Å². The molecule has 0 spiro atoms. The molecule has 1 N–H and O–H groups in total. The van der Waals surface area contributed by atoms with E-state index in [1.54, 1.807) is 38.6 Å². The molecule has 11 heteroatoms. The predicted octanol–water partition coefficient (Wildman–Crippen LogP) is 4.07. The van der Waals surface area contributed by atoms with Gasteiger partial charge in [0.05, 0.1) is 33.2 Å². The van der Waals surface area contributed by atoms with E-state index in [0.29, 0.717) is 22.4 Å². The van der Waals surface area contributed by atoms with Crippen molar-refractivity contribution < 1.29 is 14.2 Å². The molecule has 0 aliphatic carbocycles. The maximum Gasteiger partial charge on any atom is 0.205 e. The Labute approximate surface area is 189 Å². The quantitative estimate of drug-likeness (QED) is 0.388. The lowest BCUT2D eigenvalue weighted by Gasteiger charge is -2.16. The summed E-state index contributed by atoms with van der Waals surface area (Å²) in [4.78, 5) is 8.73. The minimum absolute atomic E-state index is 0. The van der Waals surface area contributed by atoms with E-state index in [1.807, 2.05) is 12.1 Å². The summed E-state index contributed by atoms with van der Waals surface area (Å²) in [5.74, 6) is 1.66. The zero-order valence-corrected chi connectivity index (χ0v) is 20.2. The number of aromatic nitrogens is 4. The van der Waals surface area contributed by atoms with Gasteiger partial charge in [0.15, 0.2) is 11.5 Å². The smallest absolute Gasteiger partial charge is 0.205 e. The van der Waals surface area contributed by atoms with Gasteiger partial charge in [0.2, 0.25) is 10.9 Å². The molecular formula is C19H25BrN6O3S. The summed E-state index contributed by atoms with van der Waals surface area (Å²) >= 11 is 1.46. The lowest BCUT2D eigenvalue weighted by molar-refractivity contribution is 0.324. The van der Waals surface area contributed by atoms with Crippen LogP contribution in [0.5, 0.6) is 17.2 Å². The molecule has 0 atom stereocenters. The Bertz CT molecular complexity index is 973. The van der Waals surface area contributed by atoms with Gasteiger partial charge in [-0.3, -0.25) is 5.43 Å². The Morgan fingerprint density at radius 2 is 1.77 bits per heavy atom. The predicted molar refractivity (Wildman–Crippen MR) is 123 cm³/mol. The van der Waals surface area contributed by atoms with Crippen LogP contribution in [0.2, 0.25) is 0 Å². The van der Waals surface area contributed by atoms with Crippen molar-refractivity contribution in [3.63, 3.8) is 0 Å². The number of hydrazone groups is 1. The van der Waals surface area contributed by atoms with E-state index < -0.39 is 0 Å². The number of rotatable bonds is 7. The third kappa shape index (κ3) is 5.08. The number of nitrogens with zero attached hydrogens (tertiary/aromatic N) is 5. The number of hydrogen-bond acceptors (Lipinski definition) is 9. The molecule has 0 unspecified atom stereocenters. The molecule has 0 fully saturated rings. The molecule has 30 heavy (non-hydrogen) atoms. The molecule has 3 aromatic rings. The molecule has 0 aliphatic heterocycles. The van der Waals surface area contributed by atoms with Crippen molar-refractivity contribution in [3.8, 4) is 22.2 Å². The van der Waals surface area contributed by atoms with E-state index in [2.05, 4.69) is 41.4 Å². The SMILES string of the molecule is Br.COc1cc(/C=N/Nc2nc(C(C)(C)C)c(-n3cncn3)s2)cc(OC)c1OC. The van der Waals surface area contributed by atoms with E-state index in [0.717, 1.165) is 16.3 Å². The minimum Gasteiger partial charge on any atom is -0.493 e. The van der Waals surface area contributed by atoms with Crippen LogP contribution in [-0.2, 0) is 5.41 Å². The van der Waals surface area contributed by atoms with Crippen LogP contribution in [0.1, 0.15) is 32.0 Å². The molecule has 9 nitrogen and oxygen atoms in total. The van der Waals surface area contributed by atoms with Crippen LogP contribution in [0.3, 0.4) is 0 Å². The summed E-state index contributed by atoms with van der Waals surface area (Å²) in [6.07, 6.45) is 4.82. The monoisotopic (exact) mass is 496 g/mol. The fourth-order valence-electron chi connectivity index (χ4n) is 2.65. The normalized spacial score (nSPS) is 11.3. The molecule has 0 radical (unpaired) electrons. The number of hydrogen-bond donors (Lipinski definition) is 1. The summed E-state index contributed by atoms with van der Waals surface area (Å²) < 4.78 is 17.8. The third-order valence-electron chi connectivity index (χ3n) is 4.01. The number of thiazole rings is 1. The molecule has 2 aromatic heterocycles. The number of benzene rings is 1. The maximum absolute atomic E-state index is 5.37. The molecule has 0 saturated heterocycles. The molecule has 162 valence electrons. The zero-order chi connectivity index (χ0) is 21.0. The standard InChI is InChI=1S/C19H24N6O3S.BrH/c1-19(2,3)16-17(25-11-20-10-22-25)29-18(23-16)24-21-9-12-7-13(26-4)15(28-6)14(8-12)27-5;/h7-11H,1-6H3,(H,23,24);1H/b21-9+;. The summed E-state index contributed by atoms with van der Waals surface area (Å²) in [5.41, 5.74) is 4.54. The molecule has 2 heterocycles. The van der Waals surface area contributed by atoms with Crippen molar-refractivity contribution in [1.29, 1.82) is 0 Å². The van der Waals surface area contributed by atoms with Gasteiger partial charge in [0.25, 0.3) is 0 Å². The highest BCUT2D eigenvalue weighted by atomic mass is 79.9. The topological polar surface area (TPSA) is 95.7 Å². The minimum atomic E-state index is -0.155. The van der Waals surface area contributed by atoms with Gasteiger partial charge in [-0.1, -0.05) is 32.1 Å². The van der Waals surface area contributed by atoms with Gasteiger partial charge in [-0.15, -0.1) is 17.0 Å². The average molecular weight is 497 g/mol. The maximum atomic E-state index is 5.37. The van der Waals surface area contributed by atoms with Gasteiger partial charge in [-0.25, -0.2) is 14.6 Å². The molecule has 0 amide bonds. The molecule has 0 saturated carbocycles. The number of methoxy groups -OCH3 is 3. The fraction of sp³-hybridized carbons (Fsp3) is 0.368. The van der Waals surface area contributed by atoms with E-state index in [-0.39, 0.29) is 22.4 Å². The highest BCUT2D eigenvalue weighted by Crippen LogP contribution is 2.38. The van der Waals surface area contributed by atoms with Crippen molar-refractivity contribution in [1.82, 2.24) is 19.7 Å². The number of halogens is 1. The van der Waals surface area contributed by atoms with Crippen molar-refractivity contribution in [2.75, 3.05) is 26.8 Å². The molecule has 3 rings (SSSR count). The van der Waals surface area contributed by atoms with Crippen LogP contribution in [0.15, 0.2) is 29.9 Å². The Morgan fingerprint density at radius 1 is 1.10 bits per heavy atom. The van der Waals surface area contributed by atoms with Gasteiger partial charge in [0, 0.05) is 11.0 Å². The zero-order valence-electron chi connectivity index (χ0n) is 17.7. The fourth-order valence-corrected chi connectivity index (χ4v) is 3.71. The first-order valence-electron chi connectivity index (χ1n) is 8.82. The Balaban J connectivity index is 0.00000320. The van der Waals surface area contributed by atoms with Crippen molar-refractivity contribution in [2.45, 2.75) is 26.2 Å². The second-order valence-electron chi connectivity index (χ2n) is 7.09. The van der Waals surface area contributed by atoms with Gasteiger partial charge in [0.1, 0.15) is 17.7 Å². The first-order valence-corrected chi connectivity index (χ1v) is 9.64. The van der Waals surface area contributed by atoms with Gasteiger partial charge in [-0.05, 0) is 12.1 Å². The first-order chi connectivity index (χ1) is 13.9. The van der Waals surface area contributed by atoms with Gasteiger partial charge >= 0.3 is 0 Å². The molecule has 0 aliphatic rings. The van der Waals surface area contributed by atoms with Crippen LogP contribution in [0.25, 0.3) is 5.00 Å². The van der Waals surface area contributed by atoms with Crippen LogP contribution in [0, 0.1) is 0 Å². The molecule has 0 bridgehead atoms. The van der Waals surface area contributed by atoms with E-state index in [1.165, 1.54) is 17.7 Å². The van der Waals surface area contributed by atoms with Crippen LogP contribution >= 0.6 is 28.3 Å². The summed E-state index contributed by atoms with van der Waals surface area (Å²) in [6, 6.07) is 3.63. The van der Waals surface area contributed by atoms with E-state index >= 15 is 0 Å². The Hall–Kier alpha value is -2.66. The van der Waals surface area contributed by atoms with E-state index in [9.17, 15) is 0 Å². The summed E-state index contributed by atoms with van der Waals surface area (Å²) in [5, 5.41) is 10.1. The van der Waals surface area contributed by atoms with Crippen molar-refractivity contribution in [3.05, 3.63) is 36.0 Å². The number of nitrogens with one attached hydrogen (secondary N) is 1. The Morgan fingerprint density at radius 3 is 2.27 bits per heavy atom. The van der Waals surface area contributed by atoms with Crippen LogP contribution < -0.4 is 19.6 Å². The Kier molecular flexibility index (Phi) is 7.79. The largest absolute Gasteiger partial charge is 0.493 e. The third-order valence-corrected chi connectivity index (χ3v) is 4.96. The second-order valence-corrected chi connectivity index (χ2v) is 8.07. The lowest BCUT2D eigenvalue weighted by Crippen LogP contribution is -2.15.